The number of hydrogen-bond acceptors (Lipinski definition) is 5. The maximum atomic E-state index is 5.64. The zero-order valence-electron chi connectivity index (χ0n) is 9.05. The highest BCUT2D eigenvalue weighted by atomic mass is 32.1. The van der Waals surface area contributed by atoms with Crippen LogP contribution in [0.25, 0.3) is 0 Å². The Hall–Kier alpha value is -1.62. The van der Waals surface area contributed by atoms with Gasteiger partial charge in [-0.3, -0.25) is 0 Å². The number of rotatable bonds is 3. The molecule has 0 spiro atoms. The lowest BCUT2D eigenvalue weighted by molar-refractivity contribution is 0.737. The Kier molecular flexibility index (Phi) is 3.05. The summed E-state index contributed by atoms with van der Waals surface area (Å²) in [4.78, 5) is 0. The van der Waals surface area contributed by atoms with Crippen molar-refractivity contribution in [3.63, 3.8) is 0 Å². The lowest BCUT2D eigenvalue weighted by Gasteiger charge is -2.07. The highest BCUT2D eigenvalue weighted by Gasteiger charge is 2.11. The minimum absolute atomic E-state index is 0.332. The SMILES string of the molecule is CC(Cc1ccc(N)cc1)c1nnc(N)s1. The Labute approximate surface area is 98.3 Å². The van der Waals surface area contributed by atoms with Crippen molar-refractivity contribution in [1.29, 1.82) is 0 Å². The van der Waals surface area contributed by atoms with E-state index in [-0.39, 0.29) is 0 Å². The van der Waals surface area contributed by atoms with Crippen molar-refractivity contribution in [2.24, 2.45) is 0 Å². The first-order valence-electron chi connectivity index (χ1n) is 5.08. The smallest absolute Gasteiger partial charge is 0.203 e. The summed E-state index contributed by atoms with van der Waals surface area (Å²) in [6.07, 6.45) is 0.926. The Morgan fingerprint density at radius 3 is 2.44 bits per heavy atom. The minimum Gasteiger partial charge on any atom is -0.399 e. The largest absolute Gasteiger partial charge is 0.399 e. The van der Waals surface area contributed by atoms with E-state index in [9.17, 15) is 0 Å². The van der Waals surface area contributed by atoms with E-state index in [1.54, 1.807) is 0 Å². The number of anilines is 2. The molecule has 0 fully saturated rings. The lowest BCUT2D eigenvalue weighted by atomic mass is 10.0. The fraction of sp³-hybridized carbons (Fsp3) is 0.273. The van der Waals surface area contributed by atoms with Crippen LogP contribution in [-0.4, -0.2) is 10.2 Å². The Morgan fingerprint density at radius 2 is 1.88 bits per heavy atom. The van der Waals surface area contributed by atoms with Crippen LogP contribution in [0.2, 0.25) is 0 Å². The molecule has 0 amide bonds. The fourth-order valence-electron chi connectivity index (χ4n) is 1.54. The standard InChI is InChI=1S/C11H14N4S/c1-7(10-14-15-11(13)16-10)6-8-2-4-9(12)5-3-8/h2-5,7H,6,12H2,1H3,(H2,13,15). The zero-order valence-corrected chi connectivity index (χ0v) is 9.87. The van der Waals surface area contributed by atoms with Gasteiger partial charge in [-0.15, -0.1) is 10.2 Å². The molecule has 0 aliphatic heterocycles. The van der Waals surface area contributed by atoms with Gasteiger partial charge in [0.05, 0.1) is 0 Å². The van der Waals surface area contributed by atoms with Crippen LogP contribution in [0.1, 0.15) is 23.4 Å². The number of benzene rings is 1. The third kappa shape index (κ3) is 2.49. The number of nitrogen functional groups attached to an aromatic ring is 2. The summed E-state index contributed by atoms with van der Waals surface area (Å²) in [6.45, 7) is 2.12. The number of nitrogens with zero attached hydrogens (tertiary/aromatic N) is 2. The van der Waals surface area contributed by atoms with Crippen LogP contribution in [0.3, 0.4) is 0 Å². The average molecular weight is 234 g/mol. The van der Waals surface area contributed by atoms with Gasteiger partial charge in [-0.25, -0.2) is 0 Å². The van der Waals surface area contributed by atoms with Gasteiger partial charge >= 0.3 is 0 Å². The van der Waals surface area contributed by atoms with Crippen LogP contribution >= 0.6 is 11.3 Å². The second-order valence-electron chi connectivity index (χ2n) is 3.83. The van der Waals surface area contributed by atoms with E-state index in [0.717, 1.165) is 17.1 Å². The summed E-state index contributed by atoms with van der Waals surface area (Å²) < 4.78 is 0. The van der Waals surface area contributed by atoms with E-state index < -0.39 is 0 Å². The molecule has 0 aliphatic rings. The van der Waals surface area contributed by atoms with Crippen molar-refractivity contribution >= 4 is 22.2 Å². The molecule has 5 heteroatoms. The van der Waals surface area contributed by atoms with E-state index in [2.05, 4.69) is 17.1 Å². The molecule has 1 heterocycles. The van der Waals surface area contributed by atoms with Crippen molar-refractivity contribution in [3.8, 4) is 0 Å². The Bertz CT molecular complexity index is 463. The summed E-state index contributed by atoms with van der Waals surface area (Å²) in [6, 6.07) is 7.90. The van der Waals surface area contributed by atoms with Gasteiger partial charge in [0, 0.05) is 11.6 Å². The number of nitrogens with two attached hydrogens (primary N) is 2. The molecule has 1 unspecified atom stereocenters. The molecule has 16 heavy (non-hydrogen) atoms. The number of hydrogen-bond donors (Lipinski definition) is 2. The summed E-state index contributed by atoms with van der Waals surface area (Å²) in [5.41, 5.74) is 13.2. The first-order chi connectivity index (χ1) is 7.65. The molecule has 4 nitrogen and oxygen atoms in total. The predicted molar refractivity (Wildman–Crippen MR) is 67.3 cm³/mol. The molecule has 84 valence electrons. The van der Waals surface area contributed by atoms with Crippen molar-refractivity contribution in [1.82, 2.24) is 10.2 Å². The first-order valence-corrected chi connectivity index (χ1v) is 5.90. The topological polar surface area (TPSA) is 77.8 Å². The first kappa shape index (κ1) is 10.9. The minimum atomic E-state index is 0.332. The van der Waals surface area contributed by atoms with E-state index in [1.807, 2.05) is 24.3 Å². The fourth-order valence-corrected chi connectivity index (χ4v) is 2.20. The molecule has 2 aromatic rings. The quantitative estimate of drug-likeness (QED) is 0.797. The van der Waals surface area contributed by atoms with Crippen LogP contribution < -0.4 is 11.5 Å². The molecule has 0 bridgehead atoms. The average Bonchev–Trinajstić information content (AvgIpc) is 2.68. The molecule has 2 rings (SSSR count). The zero-order chi connectivity index (χ0) is 11.5. The van der Waals surface area contributed by atoms with Crippen LogP contribution in [-0.2, 0) is 6.42 Å². The van der Waals surface area contributed by atoms with Crippen molar-refractivity contribution < 1.29 is 0 Å². The molecule has 0 saturated heterocycles. The maximum absolute atomic E-state index is 5.64. The molecule has 0 aliphatic carbocycles. The molecule has 0 saturated carbocycles. The monoisotopic (exact) mass is 234 g/mol. The van der Waals surface area contributed by atoms with Gasteiger partial charge in [-0.05, 0) is 24.1 Å². The van der Waals surface area contributed by atoms with Crippen LogP contribution in [0, 0.1) is 0 Å². The Balaban J connectivity index is 2.07. The second kappa shape index (κ2) is 4.49. The van der Waals surface area contributed by atoms with Gasteiger partial charge in [-0.1, -0.05) is 30.4 Å². The highest BCUT2D eigenvalue weighted by molar-refractivity contribution is 7.15. The van der Waals surface area contributed by atoms with Crippen molar-refractivity contribution in [2.75, 3.05) is 11.5 Å². The van der Waals surface area contributed by atoms with Gasteiger partial charge < -0.3 is 11.5 Å². The van der Waals surface area contributed by atoms with Crippen LogP contribution in [0.4, 0.5) is 10.8 Å². The van der Waals surface area contributed by atoms with Gasteiger partial charge in [0.15, 0.2) is 0 Å². The predicted octanol–water partition coefficient (Wildman–Crippen LogP) is 2.05. The summed E-state index contributed by atoms with van der Waals surface area (Å²) in [5.74, 6) is 0.332. The molecule has 1 aromatic heterocycles. The molecular formula is C11H14N4S. The third-order valence-electron chi connectivity index (χ3n) is 2.40. The summed E-state index contributed by atoms with van der Waals surface area (Å²) in [7, 11) is 0. The van der Waals surface area contributed by atoms with E-state index >= 15 is 0 Å². The van der Waals surface area contributed by atoms with Gasteiger partial charge in [-0.2, -0.15) is 0 Å². The van der Waals surface area contributed by atoms with Crippen molar-refractivity contribution in [2.45, 2.75) is 19.3 Å². The molecule has 0 radical (unpaired) electrons. The van der Waals surface area contributed by atoms with Crippen LogP contribution in [0.15, 0.2) is 24.3 Å². The van der Waals surface area contributed by atoms with Crippen LogP contribution in [0.5, 0.6) is 0 Å². The molecule has 1 aromatic carbocycles. The lowest BCUT2D eigenvalue weighted by Crippen LogP contribution is -1.98. The van der Waals surface area contributed by atoms with E-state index in [4.69, 9.17) is 11.5 Å². The summed E-state index contributed by atoms with van der Waals surface area (Å²) in [5, 5.41) is 9.38. The van der Waals surface area contributed by atoms with E-state index in [0.29, 0.717) is 11.0 Å². The Morgan fingerprint density at radius 1 is 1.19 bits per heavy atom. The third-order valence-corrected chi connectivity index (χ3v) is 3.38. The second-order valence-corrected chi connectivity index (χ2v) is 4.87. The number of aromatic nitrogens is 2. The van der Waals surface area contributed by atoms with Gasteiger partial charge in [0.2, 0.25) is 5.13 Å². The maximum Gasteiger partial charge on any atom is 0.203 e. The van der Waals surface area contributed by atoms with Gasteiger partial charge in [0.1, 0.15) is 5.01 Å². The summed E-state index contributed by atoms with van der Waals surface area (Å²) >= 11 is 1.45. The molecule has 1 atom stereocenters. The van der Waals surface area contributed by atoms with E-state index in [1.165, 1.54) is 16.9 Å². The van der Waals surface area contributed by atoms with Gasteiger partial charge in [0.25, 0.3) is 0 Å². The molecular weight excluding hydrogens is 220 g/mol. The molecule has 4 N–H and O–H groups in total. The highest BCUT2D eigenvalue weighted by Crippen LogP contribution is 2.24. The normalized spacial score (nSPS) is 12.6. The van der Waals surface area contributed by atoms with Crippen molar-refractivity contribution in [3.05, 3.63) is 34.8 Å².